The van der Waals surface area contributed by atoms with Crippen molar-refractivity contribution >= 4 is 34.8 Å². The Balaban J connectivity index is 1.78. The van der Waals surface area contributed by atoms with Crippen LogP contribution in [-0.2, 0) is 0 Å². The molecule has 0 unspecified atom stereocenters. The van der Waals surface area contributed by atoms with Crippen molar-refractivity contribution in [1.29, 1.82) is 0 Å². The fourth-order valence-electron chi connectivity index (χ4n) is 3.06. The topological polar surface area (TPSA) is 69.0 Å². The lowest BCUT2D eigenvalue weighted by Crippen LogP contribution is -2.14. The van der Waals surface area contributed by atoms with E-state index in [1.807, 2.05) is 25.1 Å². The summed E-state index contributed by atoms with van der Waals surface area (Å²) in [6.45, 7) is 1.94. The van der Waals surface area contributed by atoms with Crippen LogP contribution in [0.25, 0.3) is 17.1 Å². The molecule has 0 aliphatic rings. The number of rotatable bonds is 5. The Kier molecular flexibility index (Phi) is 5.93. The fourth-order valence-corrected chi connectivity index (χ4v) is 3.35. The first-order valence-electron chi connectivity index (χ1n) is 9.39. The Hall–Kier alpha value is -3.35. The van der Waals surface area contributed by atoms with Crippen molar-refractivity contribution < 1.29 is 9.53 Å². The number of aromatic nitrogens is 3. The Morgan fingerprint density at radius 2 is 1.74 bits per heavy atom. The summed E-state index contributed by atoms with van der Waals surface area (Å²) >= 11 is 12.3. The number of halogens is 2. The quantitative estimate of drug-likeness (QED) is 0.414. The van der Waals surface area contributed by atoms with E-state index in [0.29, 0.717) is 27.3 Å². The van der Waals surface area contributed by atoms with Gasteiger partial charge in [0, 0.05) is 27.4 Å². The van der Waals surface area contributed by atoms with Gasteiger partial charge in [0.05, 0.1) is 12.8 Å². The van der Waals surface area contributed by atoms with Crippen LogP contribution in [0, 0.1) is 6.92 Å². The second-order valence-corrected chi connectivity index (χ2v) is 7.67. The molecule has 0 saturated heterocycles. The minimum absolute atomic E-state index is 0.0205. The van der Waals surface area contributed by atoms with Gasteiger partial charge in [-0.1, -0.05) is 35.3 Å². The van der Waals surface area contributed by atoms with Crippen molar-refractivity contribution in [3.63, 3.8) is 0 Å². The van der Waals surface area contributed by atoms with Crippen LogP contribution in [0.3, 0.4) is 0 Å². The number of hydrogen-bond donors (Lipinski definition) is 1. The average molecular weight is 453 g/mol. The molecule has 0 bridgehead atoms. The molecule has 0 fully saturated rings. The second kappa shape index (κ2) is 8.79. The van der Waals surface area contributed by atoms with Crippen molar-refractivity contribution in [3.05, 3.63) is 88.2 Å². The molecule has 1 aromatic heterocycles. The van der Waals surface area contributed by atoms with Crippen molar-refractivity contribution in [2.45, 2.75) is 6.92 Å². The van der Waals surface area contributed by atoms with Crippen molar-refractivity contribution in [3.8, 4) is 22.8 Å². The Labute approximate surface area is 189 Å². The first kappa shape index (κ1) is 20.9. The Morgan fingerprint density at radius 3 is 2.48 bits per heavy atom. The van der Waals surface area contributed by atoms with Gasteiger partial charge in [-0.25, -0.2) is 9.67 Å². The maximum absolute atomic E-state index is 12.9. The van der Waals surface area contributed by atoms with Gasteiger partial charge in [-0.05, 0) is 61.0 Å². The van der Waals surface area contributed by atoms with Crippen LogP contribution in [-0.4, -0.2) is 27.8 Å². The molecule has 6 nitrogen and oxygen atoms in total. The average Bonchev–Trinajstić information content (AvgIpc) is 3.21. The number of amides is 1. The first-order valence-corrected chi connectivity index (χ1v) is 10.1. The summed E-state index contributed by atoms with van der Waals surface area (Å²) in [5, 5.41) is 8.46. The highest BCUT2D eigenvalue weighted by atomic mass is 35.5. The zero-order chi connectivity index (χ0) is 22.0. The molecule has 0 spiro atoms. The van der Waals surface area contributed by atoms with Crippen LogP contribution < -0.4 is 10.1 Å². The van der Waals surface area contributed by atoms with E-state index in [4.69, 9.17) is 27.9 Å². The SMILES string of the molecule is COc1cccc(NC(=O)c2nc(-c3ccc(Cl)cc3)n(-c3cc(Cl)ccc3C)n2)c1. The smallest absolute Gasteiger partial charge is 0.295 e. The monoisotopic (exact) mass is 452 g/mol. The van der Waals surface area contributed by atoms with Gasteiger partial charge in [0.15, 0.2) is 5.82 Å². The van der Waals surface area contributed by atoms with Gasteiger partial charge in [-0.2, -0.15) is 0 Å². The van der Waals surface area contributed by atoms with Gasteiger partial charge in [-0.3, -0.25) is 4.79 Å². The normalized spacial score (nSPS) is 10.7. The second-order valence-electron chi connectivity index (χ2n) is 6.79. The number of nitrogens with zero attached hydrogens (tertiary/aromatic N) is 3. The van der Waals surface area contributed by atoms with Gasteiger partial charge in [0.25, 0.3) is 5.91 Å². The molecule has 4 aromatic rings. The van der Waals surface area contributed by atoms with Crippen LogP contribution in [0.2, 0.25) is 10.0 Å². The van der Waals surface area contributed by atoms with Crippen LogP contribution >= 0.6 is 23.2 Å². The largest absolute Gasteiger partial charge is 0.497 e. The summed E-state index contributed by atoms with van der Waals surface area (Å²) in [4.78, 5) is 17.4. The third-order valence-corrected chi connectivity index (χ3v) is 5.13. The van der Waals surface area contributed by atoms with E-state index in [0.717, 1.165) is 16.8 Å². The first-order chi connectivity index (χ1) is 14.9. The summed E-state index contributed by atoms with van der Waals surface area (Å²) in [5.41, 5.74) is 3.00. The van der Waals surface area contributed by atoms with Crippen LogP contribution in [0.4, 0.5) is 5.69 Å². The number of ether oxygens (including phenoxy) is 1. The lowest BCUT2D eigenvalue weighted by atomic mass is 10.2. The summed E-state index contributed by atoms with van der Waals surface area (Å²) in [5.74, 6) is 0.708. The van der Waals surface area contributed by atoms with Gasteiger partial charge < -0.3 is 10.1 Å². The molecule has 0 aliphatic heterocycles. The third-order valence-electron chi connectivity index (χ3n) is 4.64. The minimum atomic E-state index is -0.443. The number of methoxy groups -OCH3 is 1. The molecular weight excluding hydrogens is 435 g/mol. The molecule has 156 valence electrons. The van der Waals surface area contributed by atoms with E-state index in [1.54, 1.807) is 60.3 Å². The summed E-state index contributed by atoms with van der Waals surface area (Å²) in [7, 11) is 1.57. The summed E-state index contributed by atoms with van der Waals surface area (Å²) < 4.78 is 6.82. The molecule has 1 heterocycles. The van der Waals surface area contributed by atoms with E-state index in [9.17, 15) is 4.79 Å². The number of benzene rings is 3. The minimum Gasteiger partial charge on any atom is -0.497 e. The molecule has 0 atom stereocenters. The van der Waals surface area contributed by atoms with E-state index < -0.39 is 5.91 Å². The lowest BCUT2D eigenvalue weighted by Gasteiger charge is -2.09. The number of nitrogens with one attached hydrogen (secondary N) is 1. The predicted octanol–water partition coefficient (Wildman–Crippen LogP) is 5.81. The highest BCUT2D eigenvalue weighted by Gasteiger charge is 2.20. The van der Waals surface area contributed by atoms with Crippen molar-refractivity contribution in [2.75, 3.05) is 12.4 Å². The third kappa shape index (κ3) is 4.55. The highest BCUT2D eigenvalue weighted by Crippen LogP contribution is 2.27. The molecule has 1 amide bonds. The van der Waals surface area contributed by atoms with Gasteiger partial charge in [0.2, 0.25) is 5.82 Å². The number of carbonyl (C=O) groups excluding carboxylic acids is 1. The number of aryl methyl sites for hydroxylation is 1. The molecular formula is C23H18Cl2N4O2. The Morgan fingerprint density at radius 1 is 1.00 bits per heavy atom. The predicted molar refractivity (Wildman–Crippen MR) is 122 cm³/mol. The molecule has 3 aromatic carbocycles. The van der Waals surface area contributed by atoms with E-state index in [2.05, 4.69) is 15.4 Å². The standard InChI is InChI=1S/C23H18Cl2N4O2/c1-14-6-9-17(25)12-20(14)29-22(15-7-10-16(24)11-8-15)27-21(28-29)23(30)26-18-4-3-5-19(13-18)31-2/h3-13H,1-2H3,(H,26,30). The van der Waals surface area contributed by atoms with Gasteiger partial charge in [0.1, 0.15) is 5.75 Å². The molecule has 4 rings (SSSR count). The fraction of sp³-hybridized carbons (Fsp3) is 0.0870. The van der Waals surface area contributed by atoms with E-state index >= 15 is 0 Å². The number of hydrogen-bond acceptors (Lipinski definition) is 4. The molecule has 0 saturated carbocycles. The zero-order valence-electron chi connectivity index (χ0n) is 16.8. The maximum atomic E-state index is 12.9. The molecule has 31 heavy (non-hydrogen) atoms. The van der Waals surface area contributed by atoms with Crippen LogP contribution in [0.1, 0.15) is 16.2 Å². The summed E-state index contributed by atoms with van der Waals surface area (Å²) in [6, 6.07) is 19.7. The molecule has 8 heteroatoms. The van der Waals surface area contributed by atoms with Gasteiger partial charge in [-0.15, -0.1) is 5.10 Å². The molecule has 0 radical (unpaired) electrons. The van der Waals surface area contributed by atoms with Crippen molar-refractivity contribution in [2.24, 2.45) is 0 Å². The Bertz CT molecular complexity index is 1250. The molecule has 0 aliphatic carbocycles. The van der Waals surface area contributed by atoms with E-state index in [-0.39, 0.29) is 5.82 Å². The van der Waals surface area contributed by atoms with E-state index in [1.165, 1.54) is 0 Å². The zero-order valence-corrected chi connectivity index (χ0v) is 18.3. The highest BCUT2D eigenvalue weighted by molar-refractivity contribution is 6.31. The maximum Gasteiger partial charge on any atom is 0.295 e. The number of anilines is 1. The van der Waals surface area contributed by atoms with Crippen LogP contribution in [0.5, 0.6) is 5.75 Å². The van der Waals surface area contributed by atoms with Crippen LogP contribution in [0.15, 0.2) is 66.7 Å². The summed E-state index contributed by atoms with van der Waals surface area (Å²) in [6.07, 6.45) is 0. The van der Waals surface area contributed by atoms with Gasteiger partial charge >= 0.3 is 0 Å². The lowest BCUT2D eigenvalue weighted by molar-refractivity contribution is 0.101. The molecule has 1 N–H and O–H groups in total. The number of carbonyl (C=O) groups is 1. The van der Waals surface area contributed by atoms with Crippen molar-refractivity contribution in [1.82, 2.24) is 14.8 Å².